The van der Waals surface area contributed by atoms with E-state index in [9.17, 15) is 9.28 Å². The van der Waals surface area contributed by atoms with E-state index >= 15 is 0 Å². The number of hydrogen-bond acceptors (Lipinski definition) is 2. The normalized spacial score (nSPS) is 9.78. The number of halogens is 1. The van der Waals surface area contributed by atoms with Gasteiger partial charge < -0.3 is 5.32 Å². The van der Waals surface area contributed by atoms with Crippen LogP contribution in [0.4, 0.5) is 4.48 Å². The number of nitrogens with zero attached hydrogens (tertiary/aromatic N) is 1. The maximum atomic E-state index is 11.8. The molecule has 0 rings (SSSR count). The van der Waals surface area contributed by atoms with Crippen molar-refractivity contribution in [3.8, 4) is 0 Å². The monoisotopic (exact) mass is 134 g/mol. The smallest absolute Gasteiger partial charge is 0.216 e. The summed E-state index contributed by atoms with van der Waals surface area (Å²) >= 11 is 0. The molecule has 0 radical (unpaired) electrons. The van der Waals surface area contributed by atoms with E-state index in [1.54, 1.807) is 0 Å². The van der Waals surface area contributed by atoms with Crippen molar-refractivity contribution in [2.45, 2.75) is 6.92 Å². The van der Waals surface area contributed by atoms with Crippen molar-refractivity contribution in [2.24, 2.45) is 0 Å². The molecular weight excluding hydrogens is 123 g/mol. The highest BCUT2D eigenvalue weighted by Crippen LogP contribution is 1.76. The fraction of sp³-hybridized carbons (Fsp3) is 0.800. The SMILES string of the molecule is CC(=O)NCCN(C)F. The van der Waals surface area contributed by atoms with Gasteiger partial charge in [-0.3, -0.25) is 4.79 Å². The molecule has 0 saturated heterocycles. The van der Waals surface area contributed by atoms with Crippen molar-refractivity contribution < 1.29 is 9.28 Å². The van der Waals surface area contributed by atoms with E-state index in [2.05, 4.69) is 5.32 Å². The van der Waals surface area contributed by atoms with Gasteiger partial charge in [0.25, 0.3) is 0 Å². The van der Waals surface area contributed by atoms with E-state index in [0.29, 0.717) is 11.7 Å². The van der Waals surface area contributed by atoms with Gasteiger partial charge >= 0.3 is 0 Å². The average molecular weight is 134 g/mol. The molecule has 54 valence electrons. The molecule has 1 N–H and O–H groups in total. The van der Waals surface area contributed by atoms with Crippen LogP contribution in [0.1, 0.15) is 6.92 Å². The summed E-state index contributed by atoms with van der Waals surface area (Å²) in [7, 11) is 1.31. The van der Waals surface area contributed by atoms with Gasteiger partial charge in [0.2, 0.25) is 5.91 Å². The standard InChI is InChI=1S/C5H11FN2O/c1-5(9)7-3-4-8(2)6/h3-4H2,1-2H3,(H,7,9). The molecule has 0 aliphatic rings. The summed E-state index contributed by atoms with van der Waals surface area (Å²) < 4.78 is 11.8. The Kier molecular flexibility index (Phi) is 3.96. The molecule has 0 atom stereocenters. The highest BCUT2D eigenvalue weighted by Gasteiger charge is 1.93. The van der Waals surface area contributed by atoms with Crippen molar-refractivity contribution in [1.82, 2.24) is 10.4 Å². The van der Waals surface area contributed by atoms with E-state index < -0.39 is 0 Å². The first kappa shape index (κ1) is 8.36. The van der Waals surface area contributed by atoms with Crippen molar-refractivity contribution in [3.05, 3.63) is 0 Å². The van der Waals surface area contributed by atoms with Crippen LogP contribution in [0.25, 0.3) is 0 Å². The van der Waals surface area contributed by atoms with Gasteiger partial charge in [-0.25, -0.2) is 0 Å². The van der Waals surface area contributed by atoms with Crippen LogP contribution in [0.3, 0.4) is 0 Å². The molecule has 0 aliphatic heterocycles. The first-order valence-corrected chi connectivity index (χ1v) is 2.74. The Morgan fingerprint density at radius 3 is 2.67 bits per heavy atom. The number of amides is 1. The van der Waals surface area contributed by atoms with E-state index in [1.165, 1.54) is 14.0 Å². The summed E-state index contributed by atoms with van der Waals surface area (Å²) in [5, 5.41) is 2.98. The highest BCUT2D eigenvalue weighted by atomic mass is 19.2. The third-order valence-electron chi connectivity index (χ3n) is 0.794. The Morgan fingerprint density at radius 1 is 1.78 bits per heavy atom. The third-order valence-corrected chi connectivity index (χ3v) is 0.794. The Balaban J connectivity index is 3.01. The van der Waals surface area contributed by atoms with Crippen LogP contribution < -0.4 is 5.32 Å². The molecule has 0 saturated carbocycles. The number of carbonyl (C=O) groups is 1. The largest absolute Gasteiger partial charge is 0.355 e. The molecule has 0 spiro atoms. The minimum Gasteiger partial charge on any atom is -0.355 e. The van der Waals surface area contributed by atoms with Gasteiger partial charge in [-0.2, -0.15) is 0 Å². The van der Waals surface area contributed by atoms with Gasteiger partial charge in [0.1, 0.15) is 0 Å². The lowest BCUT2D eigenvalue weighted by atomic mass is 10.6. The molecular formula is C5H11FN2O. The van der Waals surface area contributed by atoms with E-state index in [4.69, 9.17) is 0 Å². The van der Waals surface area contributed by atoms with Gasteiger partial charge in [-0.05, 0) is 0 Å². The fourth-order valence-electron chi connectivity index (χ4n) is 0.386. The summed E-state index contributed by atoms with van der Waals surface area (Å²) in [6.45, 7) is 2.00. The zero-order chi connectivity index (χ0) is 7.28. The summed E-state index contributed by atoms with van der Waals surface area (Å²) in [5.74, 6) is -0.128. The van der Waals surface area contributed by atoms with Crippen LogP contribution in [0.2, 0.25) is 0 Å². The molecule has 0 aromatic carbocycles. The zero-order valence-electron chi connectivity index (χ0n) is 5.65. The summed E-state index contributed by atoms with van der Waals surface area (Å²) in [6, 6.07) is 0. The second kappa shape index (κ2) is 4.26. The van der Waals surface area contributed by atoms with Gasteiger partial charge in [-0.1, -0.05) is 0 Å². The second-order valence-electron chi connectivity index (χ2n) is 1.81. The van der Waals surface area contributed by atoms with Crippen LogP contribution in [0.15, 0.2) is 0 Å². The molecule has 3 nitrogen and oxygen atoms in total. The summed E-state index contributed by atoms with van der Waals surface area (Å²) in [5.41, 5.74) is 0. The Bertz CT molecular complexity index is 95.0. The Morgan fingerprint density at radius 2 is 2.33 bits per heavy atom. The first-order chi connectivity index (χ1) is 4.13. The number of carbonyl (C=O) groups excluding carboxylic acids is 1. The van der Waals surface area contributed by atoms with E-state index in [1.807, 2.05) is 0 Å². The molecule has 0 bridgehead atoms. The Labute approximate surface area is 53.8 Å². The van der Waals surface area contributed by atoms with E-state index in [0.717, 1.165) is 0 Å². The minimum atomic E-state index is -0.128. The van der Waals surface area contributed by atoms with Crippen molar-refractivity contribution in [1.29, 1.82) is 0 Å². The maximum Gasteiger partial charge on any atom is 0.216 e. The van der Waals surface area contributed by atoms with Gasteiger partial charge in [0, 0.05) is 27.1 Å². The zero-order valence-corrected chi connectivity index (χ0v) is 5.65. The summed E-state index contributed by atoms with van der Waals surface area (Å²) in [6.07, 6.45) is 0. The van der Waals surface area contributed by atoms with Crippen LogP contribution in [-0.4, -0.2) is 31.2 Å². The van der Waals surface area contributed by atoms with Gasteiger partial charge in [0.05, 0.1) is 0 Å². The number of hydrogen-bond donors (Lipinski definition) is 1. The molecule has 0 aromatic rings. The fourth-order valence-corrected chi connectivity index (χ4v) is 0.386. The first-order valence-electron chi connectivity index (χ1n) is 2.74. The van der Waals surface area contributed by atoms with Crippen LogP contribution in [0, 0.1) is 0 Å². The molecule has 0 aromatic heterocycles. The topological polar surface area (TPSA) is 32.3 Å². The number of nitrogens with one attached hydrogen (secondary N) is 1. The second-order valence-corrected chi connectivity index (χ2v) is 1.81. The van der Waals surface area contributed by atoms with E-state index in [-0.39, 0.29) is 12.5 Å². The van der Waals surface area contributed by atoms with Gasteiger partial charge in [-0.15, -0.1) is 9.60 Å². The molecule has 0 aliphatic carbocycles. The number of rotatable bonds is 3. The maximum absolute atomic E-state index is 11.8. The lowest BCUT2D eigenvalue weighted by Crippen LogP contribution is -2.27. The van der Waals surface area contributed by atoms with Crippen LogP contribution in [0.5, 0.6) is 0 Å². The lowest BCUT2D eigenvalue weighted by Gasteiger charge is -2.03. The molecule has 1 amide bonds. The summed E-state index contributed by atoms with van der Waals surface area (Å²) in [4.78, 5) is 10.2. The quantitative estimate of drug-likeness (QED) is 0.548. The minimum absolute atomic E-state index is 0.128. The van der Waals surface area contributed by atoms with Crippen LogP contribution >= 0.6 is 0 Å². The molecule has 4 heteroatoms. The van der Waals surface area contributed by atoms with Crippen molar-refractivity contribution in [3.63, 3.8) is 0 Å². The lowest BCUT2D eigenvalue weighted by molar-refractivity contribution is -0.119. The van der Waals surface area contributed by atoms with Crippen molar-refractivity contribution in [2.75, 3.05) is 20.1 Å². The Hall–Kier alpha value is -0.640. The molecule has 9 heavy (non-hydrogen) atoms. The molecule has 0 fully saturated rings. The van der Waals surface area contributed by atoms with Gasteiger partial charge in [0.15, 0.2) is 0 Å². The van der Waals surface area contributed by atoms with Crippen LogP contribution in [-0.2, 0) is 4.79 Å². The third kappa shape index (κ3) is 7.36. The predicted octanol–water partition coefficient (Wildman–Crippen LogP) is -0.0612. The molecule has 0 heterocycles. The highest BCUT2D eigenvalue weighted by molar-refractivity contribution is 5.72. The predicted molar refractivity (Wildman–Crippen MR) is 32.4 cm³/mol. The van der Waals surface area contributed by atoms with Crippen molar-refractivity contribution >= 4 is 5.91 Å². The number of likely N-dealkylation sites (N-methyl/N-ethyl adjacent to an activating group) is 1. The average Bonchev–Trinajstić information content (AvgIpc) is 1.63. The molecule has 0 unspecified atom stereocenters.